The second kappa shape index (κ2) is 10.1. The van der Waals surface area contributed by atoms with E-state index in [-0.39, 0.29) is 5.91 Å². The second-order valence-corrected chi connectivity index (χ2v) is 6.97. The van der Waals surface area contributed by atoms with Crippen LogP contribution in [0, 0.1) is 0 Å². The van der Waals surface area contributed by atoms with Crippen molar-refractivity contribution < 1.29 is 14.3 Å². The van der Waals surface area contributed by atoms with E-state index >= 15 is 0 Å². The molecule has 1 N–H and O–H groups in total. The fourth-order valence-electron chi connectivity index (χ4n) is 2.82. The van der Waals surface area contributed by atoms with Gasteiger partial charge in [-0.2, -0.15) is 0 Å². The molecule has 0 radical (unpaired) electrons. The number of nitrogens with one attached hydrogen (secondary N) is 1. The summed E-state index contributed by atoms with van der Waals surface area (Å²) in [6, 6.07) is 16.6. The van der Waals surface area contributed by atoms with Crippen LogP contribution in [0.15, 0.2) is 54.6 Å². The maximum atomic E-state index is 12.5. The van der Waals surface area contributed by atoms with Gasteiger partial charge in [0.15, 0.2) is 5.11 Å². The number of amides is 1. The van der Waals surface area contributed by atoms with Gasteiger partial charge in [-0.3, -0.25) is 10.1 Å². The van der Waals surface area contributed by atoms with Crippen LogP contribution < -0.4 is 14.8 Å². The summed E-state index contributed by atoms with van der Waals surface area (Å²) in [5.41, 5.74) is 0.512. The van der Waals surface area contributed by atoms with Crippen LogP contribution in [-0.4, -0.2) is 67.3 Å². The van der Waals surface area contributed by atoms with Gasteiger partial charge < -0.3 is 19.3 Å². The van der Waals surface area contributed by atoms with Crippen LogP contribution in [0.3, 0.4) is 0 Å². The Morgan fingerprint density at radius 1 is 0.964 bits per heavy atom. The van der Waals surface area contributed by atoms with Gasteiger partial charge in [0.2, 0.25) is 0 Å². The molecule has 1 fully saturated rings. The summed E-state index contributed by atoms with van der Waals surface area (Å²) in [7, 11) is 2.08. The maximum Gasteiger partial charge on any atom is 0.257 e. The molecule has 3 rings (SSSR count). The van der Waals surface area contributed by atoms with Crippen molar-refractivity contribution in [1.29, 1.82) is 0 Å². The van der Waals surface area contributed by atoms with Crippen molar-refractivity contribution in [2.75, 3.05) is 46.4 Å². The van der Waals surface area contributed by atoms with Gasteiger partial charge in [0.05, 0.1) is 0 Å². The number of piperazine rings is 1. The van der Waals surface area contributed by atoms with Gasteiger partial charge in [-0.25, -0.2) is 0 Å². The first-order chi connectivity index (χ1) is 13.6. The summed E-state index contributed by atoms with van der Waals surface area (Å²) in [6.07, 6.45) is 0. The Kier molecular flexibility index (Phi) is 7.22. The van der Waals surface area contributed by atoms with Crippen molar-refractivity contribution in [1.82, 2.24) is 15.1 Å². The average Bonchev–Trinajstić information content (AvgIpc) is 2.72. The lowest BCUT2D eigenvalue weighted by Crippen LogP contribution is -2.51. The number of carbonyl (C=O) groups is 1. The predicted octanol–water partition coefficient (Wildman–Crippen LogP) is 2.41. The molecule has 0 bridgehead atoms. The Balaban J connectivity index is 1.46. The molecule has 2 aromatic rings. The number of para-hydroxylation sites is 1. The Hall–Kier alpha value is -2.64. The molecule has 6 nitrogen and oxygen atoms in total. The van der Waals surface area contributed by atoms with E-state index in [1.807, 2.05) is 41.3 Å². The molecule has 148 valence electrons. The number of ether oxygens (including phenoxy) is 2. The zero-order valence-electron chi connectivity index (χ0n) is 16.0. The lowest BCUT2D eigenvalue weighted by molar-refractivity contribution is 0.0970. The van der Waals surface area contributed by atoms with Crippen LogP contribution in [0.25, 0.3) is 0 Å². The molecule has 0 atom stereocenters. The molecule has 1 amide bonds. The van der Waals surface area contributed by atoms with Crippen LogP contribution in [0.2, 0.25) is 0 Å². The van der Waals surface area contributed by atoms with E-state index in [0.717, 1.165) is 31.9 Å². The molecule has 0 spiro atoms. The molecule has 2 aromatic carbocycles. The first-order valence-electron chi connectivity index (χ1n) is 9.31. The third kappa shape index (κ3) is 5.94. The van der Waals surface area contributed by atoms with Crippen molar-refractivity contribution in [3.05, 3.63) is 60.2 Å². The molecule has 1 aliphatic heterocycles. The van der Waals surface area contributed by atoms with E-state index in [1.165, 1.54) is 0 Å². The summed E-state index contributed by atoms with van der Waals surface area (Å²) in [6.45, 7) is 4.32. The van der Waals surface area contributed by atoms with Gasteiger partial charge in [-0.1, -0.05) is 24.3 Å². The van der Waals surface area contributed by atoms with E-state index < -0.39 is 0 Å². The van der Waals surface area contributed by atoms with Crippen molar-refractivity contribution in [3.8, 4) is 11.5 Å². The molecule has 1 aliphatic rings. The Morgan fingerprint density at radius 3 is 2.32 bits per heavy atom. The lowest BCUT2D eigenvalue weighted by atomic mass is 10.2. The number of nitrogens with zero attached hydrogens (tertiary/aromatic N) is 2. The van der Waals surface area contributed by atoms with Gasteiger partial charge >= 0.3 is 0 Å². The quantitative estimate of drug-likeness (QED) is 0.595. The molecular weight excluding hydrogens is 374 g/mol. The molecule has 0 aliphatic carbocycles. The number of hydrogen-bond donors (Lipinski definition) is 1. The highest BCUT2D eigenvalue weighted by Crippen LogP contribution is 2.14. The molecule has 0 saturated carbocycles. The number of thiocarbonyl (C=S) groups is 1. The fraction of sp³-hybridized carbons (Fsp3) is 0.333. The fourth-order valence-corrected chi connectivity index (χ4v) is 3.10. The Labute approximate surface area is 171 Å². The van der Waals surface area contributed by atoms with E-state index in [0.29, 0.717) is 29.6 Å². The van der Waals surface area contributed by atoms with Crippen LogP contribution in [0.5, 0.6) is 11.5 Å². The summed E-state index contributed by atoms with van der Waals surface area (Å²) < 4.78 is 11.3. The highest BCUT2D eigenvalue weighted by Gasteiger charge is 2.18. The monoisotopic (exact) mass is 399 g/mol. The highest BCUT2D eigenvalue weighted by atomic mass is 32.1. The summed E-state index contributed by atoms with van der Waals surface area (Å²) in [5.74, 6) is 1.20. The second-order valence-electron chi connectivity index (χ2n) is 6.59. The van der Waals surface area contributed by atoms with Crippen LogP contribution >= 0.6 is 12.2 Å². The van der Waals surface area contributed by atoms with Crippen molar-refractivity contribution in [3.63, 3.8) is 0 Å². The first-order valence-corrected chi connectivity index (χ1v) is 9.72. The van der Waals surface area contributed by atoms with E-state index in [9.17, 15) is 4.79 Å². The van der Waals surface area contributed by atoms with E-state index in [2.05, 4.69) is 17.3 Å². The van der Waals surface area contributed by atoms with Crippen molar-refractivity contribution in [2.24, 2.45) is 0 Å². The number of benzene rings is 2. The molecule has 1 saturated heterocycles. The number of rotatable bonds is 6. The topological polar surface area (TPSA) is 54.0 Å². The molecule has 1 heterocycles. The number of carbonyl (C=O) groups excluding carboxylic acids is 1. The minimum atomic E-state index is -0.227. The third-order valence-corrected chi connectivity index (χ3v) is 4.83. The minimum absolute atomic E-state index is 0.227. The summed E-state index contributed by atoms with van der Waals surface area (Å²) in [5, 5.41) is 3.29. The van der Waals surface area contributed by atoms with Crippen LogP contribution in [-0.2, 0) is 0 Å². The van der Waals surface area contributed by atoms with Crippen LogP contribution in [0.4, 0.5) is 0 Å². The van der Waals surface area contributed by atoms with Crippen molar-refractivity contribution in [2.45, 2.75) is 0 Å². The molecular formula is C21H25N3O3S. The SMILES string of the molecule is CN1CCN(C(=S)NC(=O)c2cccc(OCCOc3ccccc3)c2)CC1. The molecule has 0 aromatic heterocycles. The smallest absolute Gasteiger partial charge is 0.257 e. The molecule has 7 heteroatoms. The van der Waals surface area contributed by atoms with Gasteiger partial charge in [-0.15, -0.1) is 0 Å². The third-order valence-electron chi connectivity index (χ3n) is 4.47. The number of hydrogen-bond acceptors (Lipinski definition) is 5. The maximum absolute atomic E-state index is 12.5. The molecule has 28 heavy (non-hydrogen) atoms. The lowest BCUT2D eigenvalue weighted by Gasteiger charge is -2.33. The highest BCUT2D eigenvalue weighted by molar-refractivity contribution is 7.80. The summed E-state index contributed by atoms with van der Waals surface area (Å²) in [4.78, 5) is 16.8. The molecule has 0 unspecified atom stereocenters. The van der Waals surface area contributed by atoms with E-state index in [4.69, 9.17) is 21.7 Å². The van der Waals surface area contributed by atoms with Crippen molar-refractivity contribution >= 4 is 23.2 Å². The standard InChI is InChI=1S/C21H25N3O3S/c1-23-10-12-24(13-11-23)21(28)22-20(25)17-6-5-9-19(16-17)27-15-14-26-18-7-3-2-4-8-18/h2-9,16H,10-15H2,1H3,(H,22,25,28). The van der Waals surface area contributed by atoms with Gasteiger partial charge in [0.1, 0.15) is 24.7 Å². The Bertz CT molecular complexity index is 792. The van der Waals surface area contributed by atoms with Gasteiger partial charge in [-0.05, 0) is 49.6 Å². The predicted molar refractivity (Wildman–Crippen MR) is 113 cm³/mol. The zero-order valence-corrected chi connectivity index (χ0v) is 16.8. The van der Waals surface area contributed by atoms with E-state index in [1.54, 1.807) is 18.2 Å². The van der Waals surface area contributed by atoms with Gasteiger partial charge in [0.25, 0.3) is 5.91 Å². The zero-order chi connectivity index (χ0) is 19.8. The summed E-state index contributed by atoms with van der Waals surface area (Å²) >= 11 is 5.38. The largest absolute Gasteiger partial charge is 0.490 e. The average molecular weight is 400 g/mol. The van der Waals surface area contributed by atoms with Gasteiger partial charge in [0, 0.05) is 31.7 Å². The minimum Gasteiger partial charge on any atom is -0.490 e. The number of likely N-dealkylation sites (N-methyl/N-ethyl adjacent to an activating group) is 1. The Morgan fingerprint density at radius 2 is 1.61 bits per heavy atom. The normalized spacial score (nSPS) is 14.4. The van der Waals surface area contributed by atoms with Crippen LogP contribution in [0.1, 0.15) is 10.4 Å². The first kappa shape index (κ1) is 20.1.